The highest BCUT2D eigenvalue weighted by molar-refractivity contribution is 14.1. The predicted molar refractivity (Wildman–Crippen MR) is 50.3 cm³/mol. The summed E-state index contributed by atoms with van der Waals surface area (Å²) in [6, 6.07) is 9.69. The molecule has 0 aliphatic carbocycles. The standard InChI is InChI=1S/C8H9IO/c9-6-8(10)7-4-2-1-3-5-7/h1-5,8,10H,6H2/t8-/m0/s1. The van der Waals surface area contributed by atoms with E-state index in [0.717, 1.165) is 9.99 Å². The van der Waals surface area contributed by atoms with Crippen LogP contribution in [0.2, 0.25) is 0 Å². The van der Waals surface area contributed by atoms with Crippen molar-refractivity contribution in [2.45, 2.75) is 6.10 Å². The van der Waals surface area contributed by atoms with Gasteiger partial charge in [-0.25, -0.2) is 0 Å². The minimum atomic E-state index is -0.304. The third kappa shape index (κ3) is 1.95. The van der Waals surface area contributed by atoms with E-state index in [-0.39, 0.29) is 6.10 Å². The molecule has 2 heteroatoms. The summed E-state index contributed by atoms with van der Waals surface area (Å²) in [5.41, 5.74) is 0.997. The highest BCUT2D eigenvalue weighted by atomic mass is 127. The van der Waals surface area contributed by atoms with Crippen LogP contribution in [0.5, 0.6) is 0 Å². The number of alkyl halides is 1. The summed E-state index contributed by atoms with van der Waals surface area (Å²) in [5.74, 6) is 0. The third-order valence-electron chi connectivity index (χ3n) is 1.33. The van der Waals surface area contributed by atoms with Gasteiger partial charge in [0.05, 0.1) is 6.10 Å². The Balaban J connectivity index is 2.75. The van der Waals surface area contributed by atoms with Crippen LogP contribution in [-0.4, -0.2) is 9.53 Å². The molecule has 0 unspecified atom stereocenters. The Labute approximate surface area is 74.2 Å². The van der Waals surface area contributed by atoms with Crippen molar-refractivity contribution in [1.29, 1.82) is 0 Å². The maximum Gasteiger partial charge on any atom is 0.0879 e. The molecule has 1 rings (SSSR count). The van der Waals surface area contributed by atoms with Crippen LogP contribution in [0.15, 0.2) is 30.3 Å². The second kappa shape index (κ2) is 3.93. The normalized spacial score (nSPS) is 13.0. The predicted octanol–water partition coefficient (Wildman–Crippen LogP) is 2.16. The highest BCUT2D eigenvalue weighted by Crippen LogP contribution is 2.13. The van der Waals surface area contributed by atoms with Gasteiger partial charge in [-0.2, -0.15) is 0 Å². The Morgan fingerprint density at radius 2 is 1.90 bits per heavy atom. The molecular weight excluding hydrogens is 239 g/mol. The van der Waals surface area contributed by atoms with E-state index in [0.29, 0.717) is 0 Å². The molecular formula is C8H9IO. The second-order valence-electron chi connectivity index (χ2n) is 2.08. The molecule has 0 spiro atoms. The molecule has 54 valence electrons. The molecule has 0 aliphatic heterocycles. The minimum Gasteiger partial charge on any atom is -0.388 e. The van der Waals surface area contributed by atoms with E-state index in [1.807, 2.05) is 30.3 Å². The van der Waals surface area contributed by atoms with Gasteiger partial charge < -0.3 is 5.11 Å². The lowest BCUT2D eigenvalue weighted by Crippen LogP contribution is -1.96. The quantitative estimate of drug-likeness (QED) is 0.628. The van der Waals surface area contributed by atoms with Crippen LogP contribution in [-0.2, 0) is 0 Å². The highest BCUT2D eigenvalue weighted by Gasteiger charge is 2.01. The maximum atomic E-state index is 9.32. The monoisotopic (exact) mass is 248 g/mol. The fraction of sp³-hybridized carbons (Fsp3) is 0.250. The van der Waals surface area contributed by atoms with Gasteiger partial charge in [0.1, 0.15) is 0 Å². The molecule has 1 aromatic carbocycles. The van der Waals surface area contributed by atoms with Gasteiger partial charge in [-0.1, -0.05) is 52.9 Å². The third-order valence-corrected chi connectivity index (χ3v) is 2.16. The van der Waals surface area contributed by atoms with Crippen molar-refractivity contribution in [2.24, 2.45) is 0 Å². The van der Waals surface area contributed by atoms with Crippen LogP contribution >= 0.6 is 22.6 Å². The maximum absolute atomic E-state index is 9.32. The Morgan fingerprint density at radius 3 is 2.40 bits per heavy atom. The van der Waals surface area contributed by atoms with Gasteiger partial charge in [0.25, 0.3) is 0 Å². The van der Waals surface area contributed by atoms with Gasteiger partial charge in [-0.3, -0.25) is 0 Å². The van der Waals surface area contributed by atoms with Crippen LogP contribution in [0, 0.1) is 0 Å². The number of aliphatic hydroxyl groups excluding tert-OH is 1. The molecule has 0 bridgehead atoms. The van der Waals surface area contributed by atoms with Crippen molar-refractivity contribution in [3.8, 4) is 0 Å². The SMILES string of the molecule is O[C@@H](CI)c1ccccc1. The van der Waals surface area contributed by atoms with Crippen molar-refractivity contribution in [3.63, 3.8) is 0 Å². The summed E-state index contributed by atoms with van der Waals surface area (Å²) in [5, 5.41) is 9.32. The Kier molecular flexibility index (Phi) is 3.15. The van der Waals surface area contributed by atoms with E-state index < -0.39 is 0 Å². The molecule has 0 saturated carbocycles. The van der Waals surface area contributed by atoms with E-state index in [2.05, 4.69) is 22.6 Å². The lowest BCUT2D eigenvalue weighted by atomic mass is 10.1. The molecule has 0 radical (unpaired) electrons. The largest absolute Gasteiger partial charge is 0.388 e. The molecule has 0 aromatic heterocycles. The van der Waals surface area contributed by atoms with Crippen LogP contribution in [0.4, 0.5) is 0 Å². The van der Waals surface area contributed by atoms with Crippen LogP contribution in [0.25, 0.3) is 0 Å². The number of hydrogen-bond acceptors (Lipinski definition) is 1. The smallest absolute Gasteiger partial charge is 0.0879 e. The summed E-state index contributed by atoms with van der Waals surface area (Å²) in [6.07, 6.45) is -0.304. The molecule has 0 aliphatic rings. The van der Waals surface area contributed by atoms with Crippen molar-refractivity contribution < 1.29 is 5.11 Å². The van der Waals surface area contributed by atoms with Crippen molar-refractivity contribution in [3.05, 3.63) is 35.9 Å². The molecule has 0 saturated heterocycles. The van der Waals surface area contributed by atoms with Gasteiger partial charge >= 0.3 is 0 Å². The number of rotatable bonds is 2. The Morgan fingerprint density at radius 1 is 1.30 bits per heavy atom. The molecule has 1 N–H and O–H groups in total. The number of benzene rings is 1. The average Bonchev–Trinajstić information content (AvgIpc) is 2.05. The van der Waals surface area contributed by atoms with E-state index >= 15 is 0 Å². The summed E-state index contributed by atoms with van der Waals surface area (Å²) < 4.78 is 0.752. The number of hydrogen-bond donors (Lipinski definition) is 1. The number of halogens is 1. The van der Waals surface area contributed by atoms with Gasteiger partial charge in [-0.05, 0) is 5.56 Å². The summed E-state index contributed by atoms with van der Waals surface area (Å²) in [4.78, 5) is 0. The molecule has 1 atom stereocenters. The summed E-state index contributed by atoms with van der Waals surface area (Å²) in [7, 11) is 0. The van der Waals surface area contributed by atoms with Crippen molar-refractivity contribution >= 4 is 22.6 Å². The van der Waals surface area contributed by atoms with Gasteiger partial charge in [0.2, 0.25) is 0 Å². The first-order valence-corrected chi connectivity index (χ1v) is 4.66. The minimum absolute atomic E-state index is 0.304. The van der Waals surface area contributed by atoms with E-state index in [9.17, 15) is 5.11 Å². The summed E-state index contributed by atoms with van der Waals surface area (Å²) >= 11 is 2.17. The first-order valence-electron chi connectivity index (χ1n) is 3.13. The second-order valence-corrected chi connectivity index (χ2v) is 2.96. The topological polar surface area (TPSA) is 20.2 Å². The number of aliphatic hydroxyl groups is 1. The van der Waals surface area contributed by atoms with Crippen molar-refractivity contribution in [1.82, 2.24) is 0 Å². The Bertz CT molecular complexity index is 186. The zero-order valence-corrected chi connectivity index (χ0v) is 7.65. The Hall–Kier alpha value is -0.0900. The molecule has 1 aromatic rings. The van der Waals surface area contributed by atoms with Gasteiger partial charge in [0, 0.05) is 4.43 Å². The van der Waals surface area contributed by atoms with Crippen LogP contribution in [0.1, 0.15) is 11.7 Å². The lowest BCUT2D eigenvalue weighted by molar-refractivity contribution is 0.207. The van der Waals surface area contributed by atoms with Crippen molar-refractivity contribution in [2.75, 3.05) is 4.43 Å². The fourth-order valence-corrected chi connectivity index (χ4v) is 1.27. The van der Waals surface area contributed by atoms with Gasteiger partial charge in [-0.15, -0.1) is 0 Å². The van der Waals surface area contributed by atoms with E-state index in [1.54, 1.807) is 0 Å². The van der Waals surface area contributed by atoms with E-state index in [4.69, 9.17) is 0 Å². The van der Waals surface area contributed by atoms with Gasteiger partial charge in [0.15, 0.2) is 0 Å². The zero-order chi connectivity index (χ0) is 7.40. The van der Waals surface area contributed by atoms with Crippen LogP contribution in [0.3, 0.4) is 0 Å². The molecule has 1 nitrogen and oxygen atoms in total. The molecule has 0 amide bonds. The fourth-order valence-electron chi connectivity index (χ4n) is 0.764. The van der Waals surface area contributed by atoms with E-state index in [1.165, 1.54) is 0 Å². The molecule has 10 heavy (non-hydrogen) atoms. The van der Waals surface area contributed by atoms with Crippen LogP contribution < -0.4 is 0 Å². The first-order chi connectivity index (χ1) is 4.84. The zero-order valence-electron chi connectivity index (χ0n) is 5.50. The lowest BCUT2D eigenvalue weighted by Gasteiger charge is -2.04. The molecule has 0 fully saturated rings. The first kappa shape index (κ1) is 8.01. The molecule has 0 heterocycles. The average molecular weight is 248 g/mol. The summed E-state index contributed by atoms with van der Waals surface area (Å²) in [6.45, 7) is 0.